The number of ether oxygens (including phenoxy) is 1. The van der Waals surface area contributed by atoms with Gasteiger partial charge in [-0.15, -0.1) is 0 Å². The molecule has 1 amide bonds. The normalized spacial score (nSPS) is 12.5. The van der Waals surface area contributed by atoms with E-state index in [1.165, 1.54) is 4.57 Å². The average Bonchev–Trinajstić information content (AvgIpc) is 2.96. The van der Waals surface area contributed by atoms with Crippen LogP contribution >= 0.6 is 0 Å². The first-order valence-electron chi connectivity index (χ1n) is 9.05. The third-order valence-corrected chi connectivity index (χ3v) is 4.00. The van der Waals surface area contributed by atoms with Crippen LogP contribution in [0.2, 0.25) is 0 Å². The Morgan fingerprint density at radius 2 is 1.89 bits per heavy atom. The van der Waals surface area contributed by atoms with E-state index in [9.17, 15) is 14.7 Å². The first-order valence-corrected chi connectivity index (χ1v) is 9.05. The Bertz CT molecular complexity index is 821. The maximum atomic E-state index is 12.0. The summed E-state index contributed by atoms with van der Waals surface area (Å²) in [5, 5.41) is 21.2. The number of hydrogen-bond acceptors (Lipinski definition) is 5. The van der Waals surface area contributed by atoms with E-state index in [-0.39, 0.29) is 18.5 Å². The van der Waals surface area contributed by atoms with Gasteiger partial charge in [0.25, 0.3) is 0 Å². The van der Waals surface area contributed by atoms with E-state index in [0.717, 1.165) is 11.1 Å². The molecule has 0 bridgehead atoms. The van der Waals surface area contributed by atoms with E-state index in [2.05, 4.69) is 10.3 Å². The molecule has 8 heteroatoms. The number of imidazole rings is 1. The third kappa shape index (κ3) is 6.09. The molecular formula is C20H27N3O5. The maximum Gasteiger partial charge on any atom is 0.407 e. The molecule has 1 heterocycles. The van der Waals surface area contributed by atoms with Gasteiger partial charge in [0.1, 0.15) is 5.60 Å². The molecule has 152 valence electrons. The minimum Gasteiger partial charge on any atom is -0.475 e. The fourth-order valence-electron chi connectivity index (χ4n) is 2.76. The maximum absolute atomic E-state index is 12.0. The number of carboxylic acids is 1. The number of aliphatic hydroxyl groups is 1. The van der Waals surface area contributed by atoms with Crippen molar-refractivity contribution in [3.05, 3.63) is 41.9 Å². The number of aryl methyl sites for hydroxylation is 1. The largest absolute Gasteiger partial charge is 0.475 e. The summed E-state index contributed by atoms with van der Waals surface area (Å²) in [5.41, 5.74) is 1.75. The van der Waals surface area contributed by atoms with Gasteiger partial charge in [0.05, 0.1) is 5.69 Å². The van der Waals surface area contributed by atoms with Crippen molar-refractivity contribution >= 4 is 12.1 Å². The Morgan fingerprint density at radius 1 is 1.25 bits per heavy atom. The first kappa shape index (κ1) is 21.4. The second-order valence-corrected chi connectivity index (χ2v) is 7.62. The summed E-state index contributed by atoms with van der Waals surface area (Å²) in [6.07, 6.45) is 2.08. The van der Waals surface area contributed by atoms with Gasteiger partial charge in [-0.1, -0.05) is 24.3 Å². The van der Waals surface area contributed by atoms with Crippen molar-refractivity contribution in [3.63, 3.8) is 0 Å². The van der Waals surface area contributed by atoms with E-state index >= 15 is 0 Å². The number of aromatic carboxylic acids is 1. The summed E-state index contributed by atoms with van der Waals surface area (Å²) in [5.74, 6) is -1.10. The number of hydrogen-bond donors (Lipinski definition) is 3. The van der Waals surface area contributed by atoms with Gasteiger partial charge in [-0.2, -0.15) is 0 Å². The smallest absolute Gasteiger partial charge is 0.407 e. The van der Waals surface area contributed by atoms with Gasteiger partial charge >= 0.3 is 12.1 Å². The van der Waals surface area contributed by atoms with Gasteiger partial charge in [-0.05, 0) is 39.2 Å². The van der Waals surface area contributed by atoms with Gasteiger partial charge in [0, 0.05) is 31.5 Å². The number of alkyl carbamates (subject to hydrolysis) is 1. The molecule has 0 unspecified atom stereocenters. The molecule has 2 aromatic rings. The van der Waals surface area contributed by atoms with Crippen LogP contribution in [0, 0.1) is 0 Å². The molecule has 1 aromatic heterocycles. The SMILES string of the molecule is Cn1cc(-c2ccc(C[C@H](CCO)NC(=O)OC(C)(C)C)cc2)nc1C(=O)O. The molecule has 0 saturated heterocycles. The lowest BCUT2D eigenvalue weighted by atomic mass is 10.0. The summed E-state index contributed by atoms with van der Waals surface area (Å²) in [7, 11) is 1.64. The van der Waals surface area contributed by atoms with E-state index < -0.39 is 17.7 Å². The van der Waals surface area contributed by atoms with Crippen molar-refractivity contribution in [1.82, 2.24) is 14.9 Å². The molecule has 0 aliphatic carbocycles. The minimum absolute atomic E-state index is 0.0244. The summed E-state index contributed by atoms with van der Waals surface area (Å²) >= 11 is 0. The van der Waals surface area contributed by atoms with Crippen LogP contribution in [-0.4, -0.2) is 50.1 Å². The van der Waals surface area contributed by atoms with Crippen molar-refractivity contribution < 1.29 is 24.5 Å². The zero-order chi connectivity index (χ0) is 20.9. The fraction of sp³-hybridized carbons (Fsp3) is 0.450. The second kappa shape index (κ2) is 8.88. The Balaban J connectivity index is 2.07. The van der Waals surface area contributed by atoms with E-state index in [1.54, 1.807) is 34.0 Å². The lowest BCUT2D eigenvalue weighted by Crippen LogP contribution is -2.40. The molecule has 0 radical (unpaired) electrons. The highest BCUT2D eigenvalue weighted by Crippen LogP contribution is 2.20. The summed E-state index contributed by atoms with van der Waals surface area (Å²) in [6, 6.07) is 7.23. The van der Waals surface area contributed by atoms with Crippen LogP contribution in [0.5, 0.6) is 0 Å². The molecule has 0 aliphatic rings. The van der Waals surface area contributed by atoms with Gasteiger partial charge in [0.2, 0.25) is 5.82 Å². The highest BCUT2D eigenvalue weighted by Gasteiger charge is 2.20. The van der Waals surface area contributed by atoms with Crippen LogP contribution in [0.3, 0.4) is 0 Å². The summed E-state index contributed by atoms with van der Waals surface area (Å²) < 4.78 is 6.74. The van der Waals surface area contributed by atoms with Gasteiger partial charge in [0.15, 0.2) is 0 Å². The fourth-order valence-corrected chi connectivity index (χ4v) is 2.76. The first-order chi connectivity index (χ1) is 13.1. The van der Waals surface area contributed by atoms with Crippen molar-refractivity contribution in [2.75, 3.05) is 6.61 Å². The van der Waals surface area contributed by atoms with Crippen LogP contribution in [0.25, 0.3) is 11.3 Å². The molecular weight excluding hydrogens is 362 g/mol. The third-order valence-electron chi connectivity index (χ3n) is 4.00. The monoisotopic (exact) mass is 389 g/mol. The number of nitrogens with one attached hydrogen (secondary N) is 1. The topological polar surface area (TPSA) is 114 Å². The molecule has 3 N–H and O–H groups in total. The van der Waals surface area contributed by atoms with Crippen molar-refractivity contribution in [3.8, 4) is 11.3 Å². The molecule has 8 nitrogen and oxygen atoms in total. The van der Waals surface area contributed by atoms with E-state index in [0.29, 0.717) is 18.5 Å². The van der Waals surface area contributed by atoms with Crippen LogP contribution in [0.4, 0.5) is 4.79 Å². The highest BCUT2D eigenvalue weighted by atomic mass is 16.6. The Morgan fingerprint density at radius 3 is 2.39 bits per heavy atom. The number of aromatic nitrogens is 2. The Hall–Kier alpha value is -2.87. The molecule has 0 fully saturated rings. The van der Waals surface area contributed by atoms with Gasteiger partial charge in [-0.25, -0.2) is 14.6 Å². The molecule has 0 spiro atoms. The number of nitrogens with zero attached hydrogens (tertiary/aromatic N) is 2. The van der Waals surface area contributed by atoms with Crippen LogP contribution < -0.4 is 5.32 Å². The van der Waals surface area contributed by atoms with Crippen LogP contribution in [0.1, 0.15) is 43.4 Å². The molecule has 1 atom stereocenters. The zero-order valence-electron chi connectivity index (χ0n) is 16.6. The highest BCUT2D eigenvalue weighted by molar-refractivity contribution is 5.84. The average molecular weight is 389 g/mol. The lowest BCUT2D eigenvalue weighted by Gasteiger charge is -2.23. The lowest BCUT2D eigenvalue weighted by molar-refractivity contribution is 0.0496. The molecule has 1 aromatic carbocycles. The van der Waals surface area contributed by atoms with E-state index in [1.807, 2.05) is 24.3 Å². The number of carbonyl (C=O) groups excluding carboxylic acids is 1. The summed E-state index contributed by atoms with van der Waals surface area (Å²) in [4.78, 5) is 27.2. The standard InChI is InChI=1S/C20H27N3O5/c1-20(2,3)28-19(27)21-15(9-10-24)11-13-5-7-14(8-6-13)16-12-23(4)17(22-16)18(25)26/h5-8,12,15,24H,9-11H2,1-4H3,(H,21,27)(H,25,26)/t15-/m0/s1. The van der Waals surface area contributed by atoms with Crippen molar-refractivity contribution in [1.29, 1.82) is 0 Å². The number of benzene rings is 1. The Kier molecular flexibility index (Phi) is 6.80. The summed E-state index contributed by atoms with van der Waals surface area (Å²) in [6.45, 7) is 5.32. The molecule has 28 heavy (non-hydrogen) atoms. The van der Waals surface area contributed by atoms with Gasteiger partial charge < -0.3 is 24.8 Å². The molecule has 0 aliphatic heterocycles. The number of carbonyl (C=O) groups is 2. The second-order valence-electron chi connectivity index (χ2n) is 7.62. The van der Waals surface area contributed by atoms with Gasteiger partial charge in [-0.3, -0.25) is 0 Å². The van der Waals surface area contributed by atoms with Crippen LogP contribution in [-0.2, 0) is 18.2 Å². The number of amides is 1. The van der Waals surface area contributed by atoms with Crippen molar-refractivity contribution in [2.24, 2.45) is 7.05 Å². The zero-order valence-corrected chi connectivity index (χ0v) is 16.6. The predicted molar refractivity (Wildman–Crippen MR) is 104 cm³/mol. The van der Waals surface area contributed by atoms with Crippen molar-refractivity contribution in [2.45, 2.75) is 45.3 Å². The molecule has 0 saturated carbocycles. The number of carboxylic acid groups (broad SMARTS) is 1. The minimum atomic E-state index is -1.08. The number of rotatable bonds is 7. The quantitative estimate of drug-likeness (QED) is 0.671. The molecule has 2 rings (SSSR count). The number of aliphatic hydroxyl groups excluding tert-OH is 1. The van der Waals surface area contributed by atoms with Crippen LogP contribution in [0.15, 0.2) is 30.5 Å². The van der Waals surface area contributed by atoms with E-state index in [4.69, 9.17) is 9.84 Å². The predicted octanol–water partition coefficient (Wildman–Crippen LogP) is 2.60. The Labute approximate surface area is 164 Å².